The van der Waals surface area contributed by atoms with Crippen LogP contribution in [-0.4, -0.2) is 53.5 Å². The molecule has 170 valence electrons. The van der Waals surface area contributed by atoms with Crippen LogP contribution in [0.15, 0.2) is 48.5 Å². The molecule has 4 N–H and O–H groups in total. The van der Waals surface area contributed by atoms with E-state index in [0.29, 0.717) is 19.4 Å². The van der Waals surface area contributed by atoms with Crippen LogP contribution in [-0.2, 0) is 14.3 Å². The predicted molar refractivity (Wildman–Crippen MR) is 118 cm³/mol. The zero-order valence-corrected chi connectivity index (χ0v) is 18.0. The Morgan fingerprint density at radius 1 is 0.969 bits per heavy atom. The average molecular weight is 440 g/mol. The standard InChI is InChI=1S/C24H28N2O6/c1-24(31,22(28)29)15-26-21(27)12-6-7-13-25-23(30)32-14-20-18-10-4-2-8-16(18)17-9-3-5-11-19(17)20/h2-5,8-11,20,31H,6-7,12-15H2,1H3,(H,25,30)(H,26,27)(H,28,29). The number of ether oxygens (including phenoxy) is 1. The number of aliphatic carboxylic acids is 1. The van der Waals surface area contributed by atoms with E-state index in [0.717, 1.165) is 18.1 Å². The van der Waals surface area contributed by atoms with E-state index >= 15 is 0 Å². The van der Waals surface area contributed by atoms with Crippen molar-refractivity contribution in [1.82, 2.24) is 10.6 Å². The second kappa shape index (κ2) is 10.3. The number of rotatable bonds is 10. The fourth-order valence-corrected chi connectivity index (χ4v) is 3.69. The lowest BCUT2D eigenvalue weighted by Crippen LogP contribution is -2.46. The van der Waals surface area contributed by atoms with E-state index in [9.17, 15) is 19.5 Å². The molecule has 8 heteroatoms. The molecule has 0 heterocycles. The molecule has 1 aliphatic rings. The molecule has 8 nitrogen and oxygen atoms in total. The number of benzene rings is 2. The molecular formula is C24H28N2O6. The van der Waals surface area contributed by atoms with Gasteiger partial charge < -0.3 is 25.6 Å². The molecule has 2 aromatic rings. The lowest BCUT2D eigenvalue weighted by molar-refractivity contribution is -0.156. The molecule has 3 rings (SSSR count). The summed E-state index contributed by atoms with van der Waals surface area (Å²) in [6.45, 7) is 1.36. The molecule has 0 aromatic heterocycles. The average Bonchev–Trinajstić information content (AvgIpc) is 3.10. The molecule has 1 aliphatic carbocycles. The van der Waals surface area contributed by atoms with Gasteiger partial charge in [0.15, 0.2) is 5.60 Å². The van der Waals surface area contributed by atoms with Crippen molar-refractivity contribution < 1.29 is 29.3 Å². The highest BCUT2D eigenvalue weighted by molar-refractivity contribution is 5.80. The fraction of sp³-hybridized carbons (Fsp3) is 0.375. The van der Waals surface area contributed by atoms with Gasteiger partial charge in [0.05, 0.1) is 6.54 Å². The normalized spacial score (nSPS) is 14.1. The van der Waals surface area contributed by atoms with Crippen LogP contribution in [0.2, 0.25) is 0 Å². The molecule has 0 bridgehead atoms. The Morgan fingerprint density at radius 2 is 1.56 bits per heavy atom. The van der Waals surface area contributed by atoms with Gasteiger partial charge in [0, 0.05) is 18.9 Å². The van der Waals surface area contributed by atoms with Gasteiger partial charge in [-0.1, -0.05) is 48.5 Å². The Labute approximate surface area is 186 Å². The maximum absolute atomic E-state index is 12.1. The molecule has 0 aliphatic heterocycles. The first-order valence-corrected chi connectivity index (χ1v) is 10.6. The first-order valence-electron chi connectivity index (χ1n) is 10.6. The number of nitrogens with one attached hydrogen (secondary N) is 2. The van der Waals surface area contributed by atoms with E-state index in [2.05, 4.69) is 34.9 Å². The zero-order valence-electron chi connectivity index (χ0n) is 18.0. The van der Waals surface area contributed by atoms with E-state index in [1.165, 1.54) is 11.1 Å². The number of carbonyl (C=O) groups is 3. The van der Waals surface area contributed by atoms with Crippen molar-refractivity contribution in [3.63, 3.8) is 0 Å². The molecule has 0 radical (unpaired) electrons. The molecule has 2 amide bonds. The minimum atomic E-state index is -2.00. The van der Waals surface area contributed by atoms with Crippen molar-refractivity contribution in [2.45, 2.75) is 37.7 Å². The lowest BCUT2D eigenvalue weighted by Gasteiger charge is -2.18. The Balaban J connectivity index is 1.36. The van der Waals surface area contributed by atoms with Crippen LogP contribution in [0.3, 0.4) is 0 Å². The number of fused-ring (bicyclic) bond motifs is 3. The van der Waals surface area contributed by atoms with Crippen molar-refractivity contribution >= 4 is 18.0 Å². The van der Waals surface area contributed by atoms with Crippen LogP contribution in [0.5, 0.6) is 0 Å². The molecule has 0 spiro atoms. The SMILES string of the molecule is CC(O)(CNC(=O)CCCCNC(=O)OCC1c2ccccc2-c2ccccc21)C(=O)O. The van der Waals surface area contributed by atoms with Gasteiger partial charge in [-0.2, -0.15) is 0 Å². The molecule has 2 aromatic carbocycles. The number of aliphatic hydroxyl groups is 1. The summed E-state index contributed by atoms with van der Waals surface area (Å²) in [6.07, 6.45) is 0.730. The van der Waals surface area contributed by atoms with E-state index in [-0.39, 0.29) is 31.4 Å². The number of carbonyl (C=O) groups excluding carboxylic acids is 2. The van der Waals surface area contributed by atoms with Crippen LogP contribution >= 0.6 is 0 Å². The molecule has 32 heavy (non-hydrogen) atoms. The van der Waals surface area contributed by atoms with Crippen LogP contribution in [0.1, 0.15) is 43.2 Å². The third-order valence-corrected chi connectivity index (χ3v) is 5.53. The summed E-state index contributed by atoms with van der Waals surface area (Å²) in [5.74, 6) is -1.75. The number of carboxylic acid groups (broad SMARTS) is 1. The third kappa shape index (κ3) is 5.64. The van der Waals surface area contributed by atoms with Gasteiger partial charge >= 0.3 is 12.1 Å². The van der Waals surface area contributed by atoms with Crippen molar-refractivity contribution in [2.75, 3.05) is 19.7 Å². The van der Waals surface area contributed by atoms with E-state index in [4.69, 9.17) is 9.84 Å². The number of hydrogen-bond donors (Lipinski definition) is 4. The Bertz CT molecular complexity index is 942. The first kappa shape index (κ1) is 23.3. The summed E-state index contributed by atoms with van der Waals surface area (Å²) in [5.41, 5.74) is 2.63. The van der Waals surface area contributed by atoms with Crippen LogP contribution < -0.4 is 10.6 Å². The van der Waals surface area contributed by atoms with E-state index in [1.807, 2.05) is 24.3 Å². The highest BCUT2D eigenvalue weighted by atomic mass is 16.5. The van der Waals surface area contributed by atoms with Gasteiger partial charge in [0.2, 0.25) is 5.91 Å². The molecule has 1 atom stereocenters. The van der Waals surface area contributed by atoms with Gasteiger partial charge in [0.1, 0.15) is 6.61 Å². The molecule has 1 unspecified atom stereocenters. The maximum Gasteiger partial charge on any atom is 0.407 e. The van der Waals surface area contributed by atoms with Gasteiger partial charge in [-0.15, -0.1) is 0 Å². The minimum Gasteiger partial charge on any atom is -0.479 e. The summed E-state index contributed by atoms with van der Waals surface area (Å²) in [6, 6.07) is 16.2. The van der Waals surface area contributed by atoms with Crippen LogP contribution in [0, 0.1) is 0 Å². The highest BCUT2D eigenvalue weighted by Crippen LogP contribution is 2.44. The van der Waals surface area contributed by atoms with Gasteiger partial charge in [-0.25, -0.2) is 9.59 Å². The second-order valence-corrected chi connectivity index (χ2v) is 8.07. The fourth-order valence-electron chi connectivity index (χ4n) is 3.69. The number of amides is 2. The minimum absolute atomic E-state index is 0.000131. The van der Waals surface area contributed by atoms with Crippen molar-refractivity contribution in [2.24, 2.45) is 0 Å². The smallest absolute Gasteiger partial charge is 0.407 e. The number of alkyl carbamates (subject to hydrolysis) is 1. The Morgan fingerprint density at radius 3 is 2.16 bits per heavy atom. The lowest BCUT2D eigenvalue weighted by atomic mass is 9.98. The van der Waals surface area contributed by atoms with E-state index < -0.39 is 17.7 Å². The largest absolute Gasteiger partial charge is 0.479 e. The van der Waals surface area contributed by atoms with Gasteiger partial charge in [-0.3, -0.25) is 4.79 Å². The number of unbranched alkanes of at least 4 members (excludes halogenated alkanes) is 1. The molecule has 0 saturated heterocycles. The van der Waals surface area contributed by atoms with Crippen molar-refractivity contribution in [1.29, 1.82) is 0 Å². The summed E-state index contributed by atoms with van der Waals surface area (Å²) in [5, 5.41) is 23.5. The van der Waals surface area contributed by atoms with Gasteiger partial charge in [-0.05, 0) is 42.0 Å². The maximum atomic E-state index is 12.1. The number of carboxylic acids is 1. The predicted octanol–water partition coefficient (Wildman–Crippen LogP) is 2.65. The monoisotopic (exact) mass is 440 g/mol. The number of hydrogen-bond acceptors (Lipinski definition) is 5. The van der Waals surface area contributed by atoms with Crippen molar-refractivity contribution in [3.8, 4) is 11.1 Å². The summed E-state index contributed by atoms with van der Waals surface area (Å²) in [4.78, 5) is 34.6. The van der Waals surface area contributed by atoms with Crippen LogP contribution in [0.4, 0.5) is 4.79 Å². The highest BCUT2D eigenvalue weighted by Gasteiger charge is 2.30. The molecule has 0 fully saturated rings. The quantitative estimate of drug-likeness (QED) is 0.421. The summed E-state index contributed by atoms with van der Waals surface area (Å²) in [7, 11) is 0. The molecule has 0 saturated carbocycles. The first-order chi connectivity index (χ1) is 15.3. The van der Waals surface area contributed by atoms with Crippen molar-refractivity contribution in [3.05, 3.63) is 59.7 Å². The van der Waals surface area contributed by atoms with Crippen LogP contribution in [0.25, 0.3) is 11.1 Å². The summed E-state index contributed by atoms with van der Waals surface area (Å²) < 4.78 is 5.45. The molecular weight excluding hydrogens is 412 g/mol. The summed E-state index contributed by atoms with van der Waals surface area (Å²) >= 11 is 0. The van der Waals surface area contributed by atoms with E-state index in [1.54, 1.807) is 0 Å². The topological polar surface area (TPSA) is 125 Å². The zero-order chi connectivity index (χ0) is 23.1. The Hall–Kier alpha value is -3.39. The van der Waals surface area contributed by atoms with Gasteiger partial charge in [0.25, 0.3) is 0 Å². The third-order valence-electron chi connectivity index (χ3n) is 5.53. The second-order valence-electron chi connectivity index (χ2n) is 8.07. The Kier molecular flexibility index (Phi) is 7.48.